The van der Waals surface area contributed by atoms with Crippen LogP contribution < -0.4 is 10.6 Å². The number of carboxylic acid groups (broad SMARTS) is 2. The normalized spacial score (nSPS) is 18.5. The first-order chi connectivity index (χ1) is 32.3. The number of pyridine rings is 6. The van der Waals surface area contributed by atoms with Crippen LogP contribution in [0.15, 0.2) is 97.6 Å². The quantitative estimate of drug-likeness (QED) is 0.0856. The average Bonchev–Trinajstić information content (AvgIpc) is 3.29. The molecule has 6 aromatic heterocycles. The molecule has 6 heterocycles. The van der Waals surface area contributed by atoms with Crippen molar-refractivity contribution in [1.29, 1.82) is 0 Å². The molecule has 356 valence electrons. The van der Waals surface area contributed by atoms with Gasteiger partial charge in [0.15, 0.2) is 0 Å². The summed E-state index contributed by atoms with van der Waals surface area (Å²) in [5.74, 6) is -0.102. The Hall–Kier alpha value is -6.98. The van der Waals surface area contributed by atoms with Gasteiger partial charge in [0.25, 0.3) is 0 Å². The molecule has 0 amide bonds. The monoisotopic (exact) mass is 940 g/mol. The van der Waals surface area contributed by atoms with Crippen LogP contribution in [0.2, 0.25) is 0 Å². The molecule has 0 aromatic carbocycles. The van der Waals surface area contributed by atoms with Crippen LogP contribution in [-0.2, 0) is 34.8 Å². The minimum absolute atomic E-state index is 0.0602. The van der Waals surface area contributed by atoms with Crippen molar-refractivity contribution in [3.63, 3.8) is 0 Å². The number of alkyl halides is 6. The van der Waals surface area contributed by atoms with Crippen molar-refractivity contribution in [2.45, 2.75) is 90.4 Å². The van der Waals surface area contributed by atoms with Crippen LogP contribution in [0.5, 0.6) is 0 Å². The van der Waals surface area contributed by atoms with E-state index >= 15 is 0 Å². The zero-order valence-electron chi connectivity index (χ0n) is 37.3. The van der Waals surface area contributed by atoms with Crippen molar-refractivity contribution in [2.24, 2.45) is 23.7 Å². The Morgan fingerprint density at radius 2 is 0.912 bits per heavy atom. The minimum atomic E-state index is -4.45. The summed E-state index contributed by atoms with van der Waals surface area (Å²) in [5, 5.41) is 24.0. The third kappa shape index (κ3) is 13.6. The molecule has 0 saturated heterocycles. The number of rotatable bonds is 12. The largest absolute Gasteiger partial charge is 0.481 e. The maximum absolute atomic E-state index is 13.0. The Balaban J connectivity index is 0.000000201. The topological polar surface area (TPSA) is 176 Å². The molecule has 0 unspecified atom stereocenters. The lowest BCUT2D eigenvalue weighted by molar-refractivity contribution is -0.144. The number of hydrogen-bond acceptors (Lipinski definition) is 10. The van der Waals surface area contributed by atoms with Gasteiger partial charge < -0.3 is 20.8 Å². The van der Waals surface area contributed by atoms with Crippen LogP contribution in [-0.4, -0.2) is 52.1 Å². The Morgan fingerprint density at radius 1 is 0.529 bits per heavy atom. The third-order valence-corrected chi connectivity index (χ3v) is 12.3. The molecule has 0 radical (unpaired) electrons. The van der Waals surface area contributed by atoms with Crippen molar-refractivity contribution < 1.29 is 46.1 Å². The van der Waals surface area contributed by atoms with Crippen molar-refractivity contribution in [3.05, 3.63) is 131 Å². The maximum atomic E-state index is 13.0. The van der Waals surface area contributed by atoms with E-state index in [1.807, 2.05) is 50.2 Å². The maximum Gasteiger partial charge on any atom is 0.416 e. The summed E-state index contributed by atoms with van der Waals surface area (Å²) in [6, 6.07) is 18.7. The highest BCUT2D eigenvalue weighted by molar-refractivity contribution is 5.70. The van der Waals surface area contributed by atoms with Crippen LogP contribution in [0.4, 0.5) is 49.6 Å². The highest BCUT2D eigenvalue weighted by atomic mass is 19.4. The molecule has 12 nitrogen and oxygen atoms in total. The summed E-state index contributed by atoms with van der Waals surface area (Å²) in [6.45, 7) is 3.76. The SMILES string of the molecule is Cc1cc(Nc2cc(C(F)(F)F)ccn2)nc(-c2ccc(CC3CCC(C(=O)O)CC3)nc2)c1.Cc1cc(Nc2cc(C(F)(F)F)ccn2)nc(-c2ccc(CC3CCC(C(=O)O)CC3)nc2)c1. The first-order valence-electron chi connectivity index (χ1n) is 22.3. The van der Waals surface area contributed by atoms with Crippen molar-refractivity contribution in [2.75, 3.05) is 10.6 Å². The molecule has 2 fully saturated rings. The van der Waals surface area contributed by atoms with E-state index in [9.17, 15) is 35.9 Å². The summed E-state index contributed by atoms with van der Waals surface area (Å²) in [5.41, 5.74) is 4.99. The molecule has 6 aromatic rings. The van der Waals surface area contributed by atoms with E-state index < -0.39 is 35.4 Å². The second-order valence-corrected chi connectivity index (χ2v) is 17.5. The molecule has 0 aliphatic heterocycles. The lowest BCUT2D eigenvalue weighted by Crippen LogP contribution is -2.22. The van der Waals surface area contributed by atoms with Gasteiger partial charge in [0.2, 0.25) is 0 Å². The summed E-state index contributed by atoms with van der Waals surface area (Å²) < 4.78 is 77.9. The Bertz CT molecular complexity index is 2500. The number of hydrogen-bond donors (Lipinski definition) is 4. The van der Waals surface area contributed by atoms with Gasteiger partial charge in [0.05, 0.1) is 34.4 Å². The van der Waals surface area contributed by atoms with Gasteiger partial charge in [0.1, 0.15) is 23.3 Å². The van der Waals surface area contributed by atoms with Crippen LogP contribution >= 0.6 is 0 Å². The molecular formula is C50H50F6N8O4. The smallest absolute Gasteiger partial charge is 0.416 e. The highest BCUT2D eigenvalue weighted by Gasteiger charge is 2.32. The minimum Gasteiger partial charge on any atom is -0.481 e. The molecule has 2 aliphatic rings. The molecule has 68 heavy (non-hydrogen) atoms. The van der Waals surface area contributed by atoms with E-state index in [1.165, 1.54) is 0 Å². The van der Waals surface area contributed by atoms with Gasteiger partial charge in [-0.15, -0.1) is 0 Å². The van der Waals surface area contributed by atoms with Gasteiger partial charge in [-0.3, -0.25) is 19.6 Å². The third-order valence-electron chi connectivity index (χ3n) is 12.3. The van der Waals surface area contributed by atoms with Gasteiger partial charge in [-0.1, -0.05) is 0 Å². The number of aromatic nitrogens is 6. The summed E-state index contributed by atoms with van der Waals surface area (Å²) in [6.07, 6.45) is 4.81. The van der Waals surface area contributed by atoms with E-state index in [1.54, 1.807) is 24.5 Å². The summed E-state index contributed by atoms with van der Waals surface area (Å²) in [4.78, 5) is 48.4. The molecule has 0 spiro atoms. The first-order valence-corrected chi connectivity index (χ1v) is 22.3. The molecule has 18 heteroatoms. The number of halogens is 6. The number of aryl methyl sites for hydroxylation is 2. The van der Waals surface area contributed by atoms with Gasteiger partial charge in [-0.25, -0.2) is 19.9 Å². The van der Waals surface area contributed by atoms with Crippen molar-refractivity contribution in [3.8, 4) is 22.5 Å². The fourth-order valence-electron chi connectivity index (χ4n) is 8.58. The van der Waals surface area contributed by atoms with Gasteiger partial charge in [-0.05, 0) is 174 Å². The molecule has 2 saturated carbocycles. The highest BCUT2D eigenvalue weighted by Crippen LogP contribution is 2.35. The number of aliphatic carboxylic acids is 2. The molecule has 0 atom stereocenters. The molecular weight excluding hydrogens is 891 g/mol. The Kier molecular flexibility index (Phi) is 15.3. The number of carboxylic acids is 2. The summed E-state index contributed by atoms with van der Waals surface area (Å²) in [7, 11) is 0. The van der Waals surface area contributed by atoms with Crippen molar-refractivity contribution >= 4 is 35.2 Å². The first kappa shape index (κ1) is 48.9. The fourth-order valence-corrected chi connectivity index (χ4v) is 8.58. The van der Waals surface area contributed by atoms with Gasteiger partial charge in [-0.2, -0.15) is 26.3 Å². The molecule has 2 aliphatic carbocycles. The van der Waals surface area contributed by atoms with Crippen molar-refractivity contribution in [1.82, 2.24) is 29.9 Å². The fraction of sp³-hybridized carbons (Fsp3) is 0.360. The van der Waals surface area contributed by atoms with Crippen LogP contribution in [0.1, 0.15) is 85.0 Å². The lowest BCUT2D eigenvalue weighted by Gasteiger charge is -2.25. The zero-order chi connectivity index (χ0) is 48.6. The number of anilines is 4. The van der Waals surface area contributed by atoms with Crippen LogP contribution in [0, 0.1) is 37.5 Å². The number of nitrogens with one attached hydrogen (secondary N) is 2. The Labute approximate surface area is 388 Å². The second-order valence-electron chi connectivity index (χ2n) is 17.5. The van der Waals surface area contributed by atoms with E-state index in [2.05, 4.69) is 40.5 Å². The van der Waals surface area contributed by atoms with E-state index in [-0.39, 0.29) is 23.5 Å². The van der Waals surface area contributed by atoms with E-state index in [4.69, 9.17) is 10.2 Å². The zero-order valence-corrected chi connectivity index (χ0v) is 37.3. The lowest BCUT2D eigenvalue weighted by atomic mass is 9.80. The van der Waals surface area contributed by atoms with Crippen LogP contribution in [0.25, 0.3) is 22.5 Å². The predicted octanol–water partition coefficient (Wildman–Crippen LogP) is 12.1. The van der Waals surface area contributed by atoms with E-state index in [0.717, 1.165) is 109 Å². The number of carbonyl (C=O) groups is 2. The standard InChI is InChI=1S/2C25H25F3N4O2/c2*1-15-10-21(31-23(11-15)32-22-13-19(8-9-29-22)25(26,27)28)18-6-7-20(30-14-18)12-16-2-4-17(5-3-16)24(33)34/h2*6-11,13-14,16-17H,2-5,12H2,1H3,(H,33,34)(H,29,31,32). The van der Waals surface area contributed by atoms with E-state index in [0.29, 0.717) is 60.5 Å². The molecule has 4 N–H and O–H groups in total. The van der Waals surface area contributed by atoms with Gasteiger partial charge in [0, 0.05) is 47.3 Å². The van der Waals surface area contributed by atoms with Gasteiger partial charge >= 0.3 is 24.3 Å². The predicted molar refractivity (Wildman–Crippen MR) is 243 cm³/mol. The molecule has 8 rings (SSSR count). The summed E-state index contributed by atoms with van der Waals surface area (Å²) >= 11 is 0. The van der Waals surface area contributed by atoms with Crippen LogP contribution in [0.3, 0.4) is 0 Å². The Morgan fingerprint density at radius 3 is 1.24 bits per heavy atom. The second kappa shape index (κ2) is 21.3. The number of nitrogens with zero attached hydrogens (tertiary/aromatic N) is 6. The average molecular weight is 941 g/mol. The molecule has 0 bridgehead atoms.